The Morgan fingerprint density at radius 2 is 1.78 bits per heavy atom. The lowest BCUT2D eigenvalue weighted by molar-refractivity contribution is 0.187. The molecule has 1 fully saturated rings. The van der Waals surface area contributed by atoms with Crippen LogP contribution in [0.5, 0.6) is 0 Å². The normalized spacial score (nSPS) is 16.7. The first-order valence-electron chi connectivity index (χ1n) is 8.15. The molecule has 0 saturated heterocycles. The minimum Gasteiger partial charge on any atom is -0.392 e. The number of halogens is 1. The van der Waals surface area contributed by atoms with Gasteiger partial charge >= 0.3 is 0 Å². The largest absolute Gasteiger partial charge is 0.392 e. The van der Waals surface area contributed by atoms with E-state index in [-0.39, 0.29) is 6.10 Å². The number of aliphatic hydroxyl groups excluding tert-OH is 1. The zero-order valence-corrected chi connectivity index (χ0v) is 14.9. The van der Waals surface area contributed by atoms with Crippen LogP contribution in [-0.4, -0.2) is 21.2 Å². The second-order valence-corrected chi connectivity index (χ2v) is 6.94. The van der Waals surface area contributed by atoms with E-state index in [0.717, 1.165) is 35.3 Å². The van der Waals surface area contributed by atoms with Crippen LogP contribution in [0.2, 0.25) is 0 Å². The summed E-state index contributed by atoms with van der Waals surface area (Å²) in [4.78, 5) is 8.76. The van der Waals surface area contributed by atoms with Crippen molar-refractivity contribution in [1.82, 2.24) is 9.97 Å². The third-order valence-corrected chi connectivity index (χ3v) is 4.94. The summed E-state index contributed by atoms with van der Waals surface area (Å²) in [6.07, 6.45) is 4.83. The summed E-state index contributed by atoms with van der Waals surface area (Å²) in [7, 11) is 0. The van der Waals surface area contributed by atoms with E-state index in [0.29, 0.717) is 11.7 Å². The van der Waals surface area contributed by atoms with Gasteiger partial charge in [-0.05, 0) is 59.2 Å². The Balaban J connectivity index is 0.000000140. The number of aromatic nitrogens is 2. The first kappa shape index (κ1) is 16.4. The number of benzene rings is 1. The molecule has 0 unspecified atom stereocenters. The molecule has 4 nitrogen and oxygen atoms in total. The molecule has 2 aromatic rings. The van der Waals surface area contributed by atoms with Crippen LogP contribution < -0.4 is 5.73 Å². The molecule has 0 amide bonds. The maximum Gasteiger partial charge on any atom is 0.145 e. The molecule has 1 aromatic heterocycles. The lowest BCUT2D eigenvalue weighted by Crippen LogP contribution is -2.04. The van der Waals surface area contributed by atoms with Crippen molar-refractivity contribution in [2.24, 2.45) is 0 Å². The summed E-state index contributed by atoms with van der Waals surface area (Å²) in [6.45, 7) is 2.05. The van der Waals surface area contributed by atoms with E-state index < -0.39 is 0 Å². The van der Waals surface area contributed by atoms with Crippen molar-refractivity contribution in [2.45, 2.75) is 51.0 Å². The van der Waals surface area contributed by atoms with E-state index >= 15 is 0 Å². The Kier molecular flexibility index (Phi) is 4.97. The van der Waals surface area contributed by atoms with Crippen molar-refractivity contribution in [1.29, 1.82) is 0 Å². The highest BCUT2D eigenvalue weighted by Gasteiger charge is 2.28. The lowest BCUT2D eigenvalue weighted by Gasteiger charge is -2.06. The molecule has 0 radical (unpaired) electrons. The SMILES string of the molecule is CCc1nc(N)c(C2CC2)nc1Br.OC1Cc2ccccc2C1. The molecule has 0 bridgehead atoms. The Morgan fingerprint density at radius 3 is 2.30 bits per heavy atom. The van der Waals surface area contributed by atoms with Gasteiger partial charge in [0.15, 0.2) is 0 Å². The molecule has 3 N–H and O–H groups in total. The van der Waals surface area contributed by atoms with Gasteiger partial charge in [0.25, 0.3) is 0 Å². The molecule has 122 valence electrons. The Labute approximate surface area is 145 Å². The van der Waals surface area contributed by atoms with Crippen molar-refractivity contribution in [2.75, 3.05) is 5.73 Å². The topological polar surface area (TPSA) is 72.0 Å². The molecular formula is C18H22BrN3O. The van der Waals surface area contributed by atoms with Gasteiger partial charge < -0.3 is 10.8 Å². The zero-order valence-electron chi connectivity index (χ0n) is 13.3. The predicted octanol–water partition coefficient (Wildman–Crippen LogP) is 3.41. The molecule has 0 atom stereocenters. The fourth-order valence-corrected chi connectivity index (χ4v) is 3.45. The van der Waals surface area contributed by atoms with Gasteiger partial charge in [0, 0.05) is 5.92 Å². The van der Waals surface area contributed by atoms with E-state index in [4.69, 9.17) is 5.73 Å². The number of nitrogens with two attached hydrogens (primary N) is 1. The van der Waals surface area contributed by atoms with Crippen LogP contribution in [0, 0.1) is 0 Å². The van der Waals surface area contributed by atoms with Gasteiger partial charge in [-0.15, -0.1) is 0 Å². The number of fused-ring (bicyclic) bond motifs is 1. The average molecular weight is 376 g/mol. The van der Waals surface area contributed by atoms with Crippen LogP contribution in [0.15, 0.2) is 28.9 Å². The first-order valence-corrected chi connectivity index (χ1v) is 8.94. The van der Waals surface area contributed by atoms with Crippen LogP contribution in [0.1, 0.15) is 48.2 Å². The second kappa shape index (κ2) is 6.97. The third kappa shape index (κ3) is 3.90. The van der Waals surface area contributed by atoms with E-state index in [1.54, 1.807) is 0 Å². The third-order valence-electron chi connectivity index (χ3n) is 4.30. The van der Waals surface area contributed by atoms with Crippen molar-refractivity contribution in [3.63, 3.8) is 0 Å². The summed E-state index contributed by atoms with van der Waals surface area (Å²) in [5, 5.41) is 9.25. The van der Waals surface area contributed by atoms with Crippen molar-refractivity contribution < 1.29 is 5.11 Å². The van der Waals surface area contributed by atoms with E-state index in [9.17, 15) is 5.11 Å². The molecule has 5 heteroatoms. The van der Waals surface area contributed by atoms with Crippen molar-refractivity contribution in [3.8, 4) is 0 Å². The number of aliphatic hydroxyl groups is 1. The molecule has 0 aliphatic heterocycles. The minimum atomic E-state index is -0.127. The fraction of sp³-hybridized carbons (Fsp3) is 0.444. The molecule has 2 aliphatic rings. The smallest absolute Gasteiger partial charge is 0.145 e. The zero-order chi connectivity index (χ0) is 16.4. The molecular weight excluding hydrogens is 354 g/mol. The quantitative estimate of drug-likeness (QED) is 0.843. The van der Waals surface area contributed by atoms with Crippen LogP contribution in [-0.2, 0) is 19.3 Å². The van der Waals surface area contributed by atoms with Gasteiger partial charge in [-0.3, -0.25) is 0 Å². The molecule has 0 spiro atoms. The average Bonchev–Trinajstić information content (AvgIpc) is 3.30. The van der Waals surface area contributed by atoms with Gasteiger partial charge in [0.2, 0.25) is 0 Å². The number of hydrogen-bond acceptors (Lipinski definition) is 4. The van der Waals surface area contributed by atoms with Crippen LogP contribution in [0.25, 0.3) is 0 Å². The van der Waals surface area contributed by atoms with Gasteiger partial charge in [-0.25, -0.2) is 9.97 Å². The summed E-state index contributed by atoms with van der Waals surface area (Å²) in [6, 6.07) is 8.23. The molecule has 1 aromatic carbocycles. The Bertz CT molecular complexity index is 676. The molecule has 4 rings (SSSR count). The summed E-state index contributed by atoms with van der Waals surface area (Å²) in [5.74, 6) is 1.18. The number of anilines is 1. The minimum absolute atomic E-state index is 0.127. The highest BCUT2D eigenvalue weighted by Crippen LogP contribution is 2.41. The van der Waals surface area contributed by atoms with Crippen LogP contribution in [0.4, 0.5) is 5.82 Å². The Hall–Kier alpha value is -1.46. The summed E-state index contributed by atoms with van der Waals surface area (Å²) in [5.41, 5.74) is 10.4. The molecule has 23 heavy (non-hydrogen) atoms. The van der Waals surface area contributed by atoms with Gasteiger partial charge in [0.05, 0.1) is 17.5 Å². The maximum atomic E-state index is 9.25. The van der Waals surface area contributed by atoms with E-state index in [2.05, 4.69) is 38.0 Å². The molecule has 1 heterocycles. The Morgan fingerprint density at radius 1 is 1.17 bits per heavy atom. The molecule has 1 saturated carbocycles. The van der Waals surface area contributed by atoms with Crippen LogP contribution >= 0.6 is 15.9 Å². The van der Waals surface area contributed by atoms with Gasteiger partial charge in [0.1, 0.15) is 10.4 Å². The monoisotopic (exact) mass is 375 g/mol. The van der Waals surface area contributed by atoms with Crippen molar-refractivity contribution >= 4 is 21.7 Å². The van der Waals surface area contributed by atoms with E-state index in [1.165, 1.54) is 24.0 Å². The standard InChI is InChI=1S/C9H12BrN3.C9H10O/c1-2-6-8(10)13-7(5-3-4-5)9(11)12-6;10-9-5-7-3-1-2-4-8(7)6-9/h5H,2-4H2,1H3,(H2,11,12);1-4,9-10H,5-6H2. The highest BCUT2D eigenvalue weighted by molar-refractivity contribution is 9.10. The number of nitrogen functional groups attached to an aromatic ring is 1. The van der Waals surface area contributed by atoms with Gasteiger partial charge in [-0.1, -0.05) is 31.2 Å². The second-order valence-electron chi connectivity index (χ2n) is 6.19. The number of nitrogens with zero attached hydrogens (tertiary/aromatic N) is 2. The summed E-state index contributed by atoms with van der Waals surface area (Å²) >= 11 is 3.41. The summed E-state index contributed by atoms with van der Waals surface area (Å²) < 4.78 is 0.853. The van der Waals surface area contributed by atoms with Crippen molar-refractivity contribution in [3.05, 3.63) is 51.4 Å². The molecule has 2 aliphatic carbocycles. The van der Waals surface area contributed by atoms with Gasteiger partial charge in [-0.2, -0.15) is 0 Å². The lowest BCUT2D eigenvalue weighted by atomic mass is 10.1. The number of aryl methyl sites for hydroxylation is 1. The maximum absolute atomic E-state index is 9.25. The fourth-order valence-electron chi connectivity index (χ4n) is 2.89. The predicted molar refractivity (Wildman–Crippen MR) is 95.4 cm³/mol. The number of hydrogen-bond donors (Lipinski definition) is 2. The first-order chi connectivity index (χ1) is 11.1. The van der Waals surface area contributed by atoms with Crippen LogP contribution in [0.3, 0.4) is 0 Å². The van der Waals surface area contributed by atoms with E-state index in [1.807, 2.05) is 19.1 Å². The number of rotatable bonds is 2. The highest BCUT2D eigenvalue weighted by atomic mass is 79.9.